The number of fused-ring (bicyclic) bond motifs is 1. The van der Waals surface area contributed by atoms with Gasteiger partial charge in [-0.05, 0) is 43.7 Å². The number of nitrogens with one attached hydrogen (secondary N) is 1. The molecule has 1 N–H and O–H groups in total. The van der Waals surface area contributed by atoms with Gasteiger partial charge >= 0.3 is 0 Å². The maximum Gasteiger partial charge on any atom is 0.296 e. The van der Waals surface area contributed by atoms with Gasteiger partial charge < -0.3 is 15.0 Å². The van der Waals surface area contributed by atoms with E-state index in [2.05, 4.69) is 20.2 Å². The van der Waals surface area contributed by atoms with Crippen LogP contribution in [0.2, 0.25) is 0 Å². The number of nitrogens with zero attached hydrogens (tertiary/aromatic N) is 6. The van der Waals surface area contributed by atoms with Crippen LogP contribution in [-0.4, -0.2) is 89.7 Å². The van der Waals surface area contributed by atoms with Gasteiger partial charge in [0.05, 0.1) is 24.2 Å². The van der Waals surface area contributed by atoms with Crippen molar-refractivity contribution in [2.24, 2.45) is 5.92 Å². The summed E-state index contributed by atoms with van der Waals surface area (Å²) in [5.74, 6) is 1.32. The van der Waals surface area contributed by atoms with E-state index in [0.29, 0.717) is 67.4 Å². The van der Waals surface area contributed by atoms with Gasteiger partial charge in [-0.2, -0.15) is 9.97 Å². The second-order valence-corrected chi connectivity index (χ2v) is 10.1. The molecule has 8 nitrogen and oxygen atoms in total. The second-order valence-electron chi connectivity index (χ2n) is 10.1. The normalized spacial score (nSPS) is 20.3. The van der Waals surface area contributed by atoms with E-state index in [1.807, 2.05) is 4.90 Å². The highest BCUT2D eigenvalue weighted by Crippen LogP contribution is 2.31. The summed E-state index contributed by atoms with van der Waals surface area (Å²) in [5, 5.41) is 3.35. The number of alkyl halides is 4. The zero-order chi connectivity index (χ0) is 27.2. The Bertz CT molecular complexity index is 1210. The summed E-state index contributed by atoms with van der Waals surface area (Å²) in [5.41, 5.74) is 1.02. The molecule has 1 aromatic carbocycles. The monoisotopic (exact) mass is 549 g/mol. The Balaban J connectivity index is 1.37. The molecule has 0 amide bonds. The van der Waals surface area contributed by atoms with Crippen LogP contribution < -0.4 is 10.2 Å². The standard InChI is InChI=1S/C27H35F4N7O/c28-9-11-36(12-10-29)20-7-5-19(6-8-20)18-32-27-34-23(37-13-15-39-16-14-37)17-24(35-27)38-22-4-2-1-3-21(22)33-26(38)25(30)31/h1-4,17,19-20,25H,5-16,18H2,(H,32,34,35). The minimum absolute atomic E-state index is 0.197. The maximum atomic E-state index is 14.1. The van der Waals surface area contributed by atoms with E-state index in [1.54, 1.807) is 30.3 Å². The number of halogens is 4. The Hall–Kier alpha value is -2.99. The van der Waals surface area contributed by atoms with Crippen molar-refractivity contribution >= 4 is 22.8 Å². The number of morpholine rings is 1. The van der Waals surface area contributed by atoms with Crippen LogP contribution in [0, 0.1) is 5.92 Å². The molecule has 0 spiro atoms. The van der Waals surface area contributed by atoms with E-state index in [-0.39, 0.29) is 25.0 Å². The minimum Gasteiger partial charge on any atom is -0.378 e. The van der Waals surface area contributed by atoms with Crippen molar-refractivity contribution in [2.45, 2.75) is 38.2 Å². The Kier molecular flexibility index (Phi) is 9.13. The average molecular weight is 550 g/mol. The first-order chi connectivity index (χ1) is 19.1. The molecule has 39 heavy (non-hydrogen) atoms. The molecule has 1 aliphatic heterocycles. The van der Waals surface area contributed by atoms with Crippen molar-refractivity contribution in [1.82, 2.24) is 24.4 Å². The molecule has 2 aliphatic rings. The highest BCUT2D eigenvalue weighted by molar-refractivity contribution is 5.78. The van der Waals surface area contributed by atoms with Gasteiger partial charge in [0.2, 0.25) is 5.95 Å². The van der Waals surface area contributed by atoms with E-state index in [1.165, 1.54) is 4.57 Å². The van der Waals surface area contributed by atoms with E-state index in [9.17, 15) is 17.6 Å². The predicted octanol–water partition coefficient (Wildman–Crippen LogP) is 4.80. The van der Waals surface area contributed by atoms with Crippen molar-refractivity contribution < 1.29 is 22.3 Å². The number of hydrogen-bond donors (Lipinski definition) is 1. The van der Waals surface area contributed by atoms with Crippen molar-refractivity contribution in [2.75, 3.05) is 69.5 Å². The summed E-state index contributed by atoms with van der Waals surface area (Å²) in [6.45, 7) is 2.61. The molecule has 5 rings (SSSR count). The minimum atomic E-state index is -2.78. The molecule has 212 valence electrons. The zero-order valence-corrected chi connectivity index (χ0v) is 21.9. The van der Waals surface area contributed by atoms with E-state index < -0.39 is 19.8 Å². The summed E-state index contributed by atoms with van der Waals surface area (Å²) in [6, 6.07) is 8.95. The Morgan fingerprint density at radius 3 is 2.33 bits per heavy atom. The van der Waals surface area contributed by atoms with Crippen molar-refractivity contribution in [1.29, 1.82) is 0 Å². The lowest BCUT2D eigenvalue weighted by atomic mass is 9.85. The Morgan fingerprint density at radius 1 is 0.949 bits per heavy atom. The number of benzene rings is 1. The van der Waals surface area contributed by atoms with Crippen LogP contribution in [0.25, 0.3) is 16.9 Å². The fourth-order valence-corrected chi connectivity index (χ4v) is 5.65. The zero-order valence-electron chi connectivity index (χ0n) is 21.9. The summed E-state index contributed by atoms with van der Waals surface area (Å²) < 4.78 is 60.9. The molecule has 3 heterocycles. The summed E-state index contributed by atoms with van der Waals surface area (Å²) >= 11 is 0. The van der Waals surface area contributed by atoms with Gasteiger partial charge in [-0.15, -0.1) is 0 Å². The van der Waals surface area contributed by atoms with E-state index in [4.69, 9.17) is 9.72 Å². The number of aromatic nitrogens is 4. The van der Waals surface area contributed by atoms with Crippen LogP contribution in [0.1, 0.15) is 37.9 Å². The summed E-state index contributed by atoms with van der Waals surface area (Å²) in [7, 11) is 0. The van der Waals surface area contributed by atoms with Crippen LogP contribution in [0.3, 0.4) is 0 Å². The number of anilines is 2. The molecule has 0 unspecified atom stereocenters. The van der Waals surface area contributed by atoms with Gasteiger partial charge in [0.1, 0.15) is 25.0 Å². The molecule has 2 aromatic heterocycles. The third-order valence-corrected chi connectivity index (χ3v) is 7.67. The molecule has 2 fully saturated rings. The highest BCUT2D eigenvalue weighted by atomic mass is 19.3. The first kappa shape index (κ1) is 27.6. The lowest BCUT2D eigenvalue weighted by Gasteiger charge is -2.36. The fourth-order valence-electron chi connectivity index (χ4n) is 5.65. The molecule has 0 atom stereocenters. The van der Waals surface area contributed by atoms with Crippen molar-refractivity contribution in [3.63, 3.8) is 0 Å². The maximum absolute atomic E-state index is 14.1. The lowest BCUT2D eigenvalue weighted by molar-refractivity contribution is 0.121. The largest absolute Gasteiger partial charge is 0.378 e. The van der Waals surface area contributed by atoms with Crippen molar-refractivity contribution in [3.8, 4) is 5.82 Å². The second kappa shape index (κ2) is 12.9. The summed E-state index contributed by atoms with van der Waals surface area (Å²) in [6.07, 6.45) is 0.825. The molecular formula is C27H35F4N7O. The lowest BCUT2D eigenvalue weighted by Crippen LogP contribution is -2.41. The van der Waals surface area contributed by atoms with Gasteiger partial charge in [-0.25, -0.2) is 22.5 Å². The van der Waals surface area contributed by atoms with Gasteiger partial charge in [0.25, 0.3) is 6.43 Å². The quantitative estimate of drug-likeness (QED) is 0.345. The van der Waals surface area contributed by atoms with Crippen molar-refractivity contribution in [3.05, 3.63) is 36.2 Å². The van der Waals surface area contributed by atoms with Crippen LogP contribution >= 0.6 is 0 Å². The van der Waals surface area contributed by atoms with E-state index in [0.717, 1.165) is 25.7 Å². The molecule has 3 aromatic rings. The predicted molar refractivity (Wildman–Crippen MR) is 142 cm³/mol. The summed E-state index contributed by atoms with van der Waals surface area (Å²) in [4.78, 5) is 17.5. The fraction of sp³-hybridized carbons (Fsp3) is 0.593. The van der Waals surface area contributed by atoms with Gasteiger partial charge in [0, 0.05) is 44.8 Å². The Morgan fingerprint density at radius 2 is 1.64 bits per heavy atom. The van der Waals surface area contributed by atoms with E-state index >= 15 is 0 Å². The third kappa shape index (κ3) is 6.43. The smallest absolute Gasteiger partial charge is 0.296 e. The van der Waals surface area contributed by atoms with Gasteiger partial charge in [-0.3, -0.25) is 9.47 Å². The number of para-hydroxylation sites is 2. The van der Waals surface area contributed by atoms with Gasteiger partial charge in [-0.1, -0.05) is 12.1 Å². The number of imidazole rings is 1. The van der Waals surface area contributed by atoms with Crippen LogP contribution in [0.5, 0.6) is 0 Å². The van der Waals surface area contributed by atoms with Gasteiger partial charge in [0.15, 0.2) is 5.82 Å². The first-order valence-electron chi connectivity index (χ1n) is 13.6. The SMILES string of the molecule is FCCN(CCF)C1CCC(CNc2nc(N3CCOCC3)cc(-n3c(C(F)F)nc4ccccc43)n2)CC1. The molecule has 0 bridgehead atoms. The first-order valence-corrected chi connectivity index (χ1v) is 13.6. The van der Waals surface area contributed by atoms with Crippen LogP contribution in [-0.2, 0) is 4.74 Å². The van der Waals surface area contributed by atoms with Crippen LogP contribution in [0.4, 0.5) is 29.3 Å². The number of ether oxygens (including phenoxy) is 1. The highest BCUT2D eigenvalue weighted by Gasteiger charge is 2.27. The molecule has 1 aliphatic carbocycles. The molecule has 0 radical (unpaired) electrons. The Labute approximate surface area is 225 Å². The number of rotatable bonds is 11. The number of hydrogen-bond acceptors (Lipinski definition) is 7. The molecular weight excluding hydrogens is 514 g/mol. The average Bonchev–Trinajstić information content (AvgIpc) is 3.37. The molecule has 1 saturated carbocycles. The molecule has 12 heteroatoms. The molecule has 1 saturated heterocycles. The third-order valence-electron chi connectivity index (χ3n) is 7.67. The van der Waals surface area contributed by atoms with Crippen LogP contribution in [0.15, 0.2) is 30.3 Å². The topological polar surface area (TPSA) is 71.3 Å².